The summed E-state index contributed by atoms with van der Waals surface area (Å²) in [5.41, 5.74) is 4.08. The molecular formula is C35H36O2P2. The largest absolute Gasteiger partial charge is 0.313 e. The second-order valence-corrected chi connectivity index (χ2v) is 17.5. The Morgan fingerprint density at radius 3 is 0.897 bits per heavy atom. The molecule has 1 fully saturated rings. The van der Waals surface area contributed by atoms with Crippen LogP contribution in [-0.4, -0.2) is 11.3 Å². The highest BCUT2D eigenvalue weighted by Gasteiger charge is 2.60. The molecule has 39 heavy (non-hydrogen) atoms. The van der Waals surface area contributed by atoms with Crippen molar-refractivity contribution in [3.63, 3.8) is 0 Å². The molecule has 0 spiro atoms. The quantitative estimate of drug-likeness (QED) is 0.188. The Morgan fingerprint density at radius 2 is 0.667 bits per heavy atom. The third-order valence-electron chi connectivity index (χ3n) is 8.89. The number of hydrogen-bond acceptors (Lipinski definition) is 2. The van der Waals surface area contributed by atoms with Crippen LogP contribution in [0.4, 0.5) is 0 Å². The lowest BCUT2D eigenvalue weighted by molar-refractivity contribution is 0.549. The summed E-state index contributed by atoms with van der Waals surface area (Å²) in [4.78, 5) is 0. The van der Waals surface area contributed by atoms with Crippen molar-refractivity contribution in [2.24, 2.45) is 11.8 Å². The highest BCUT2D eigenvalue weighted by atomic mass is 31.2. The van der Waals surface area contributed by atoms with Gasteiger partial charge in [0.1, 0.15) is 14.3 Å². The maximum atomic E-state index is 15.9. The Hall–Kier alpha value is -2.92. The zero-order valence-corrected chi connectivity index (χ0v) is 24.9. The van der Waals surface area contributed by atoms with Crippen LogP contribution in [0.2, 0.25) is 0 Å². The average Bonchev–Trinajstić information content (AvgIpc) is 3.56. The third kappa shape index (κ3) is 4.34. The van der Waals surface area contributed by atoms with Crippen LogP contribution in [0.15, 0.2) is 109 Å². The van der Waals surface area contributed by atoms with Gasteiger partial charge in [-0.05, 0) is 46.0 Å². The van der Waals surface area contributed by atoms with Crippen molar-refractivity contribution in [1.29, 1.82) is 0 Å². The van der Waals surface area contributed by atoms with Crippen LogP contribution in [0.25, 0.3) is 0 Å². The van der Waals surface area contributed by atoms with E-state index >= 15 is 9.13 Å². The van der Waals surface area contributed by atoms with Gasteiger partial charge in [-0.15, -0.1) is 0 Å². The summed E-state index contributed by atoms with van der Waals surface area (Å²) >= 11 is 0. The molecule has 4 aromatic rings. The molecule has 2 aliphatic carbocycles. The molecule has 0 N–H and O–H groups in total. The number of benzene rings is 4. The monoisotopic (exact) mass is 550 g/mol. The fourth-order valence-corrected chi connectivity index (χ4v) is 15.1. The van der Waals surface area contributed by atoms with E-state index in [0.29, 0.717) is 0 Å². The van der Waals surface area contributed by atoms with Crippen molar-refractivity contribution in [2.75, 3.05) is 0 Å². The maximum Gasteiger partial charge on any atom is 0.147 e. The van der Waals surface area contributed by atoms with Gasteiger partial charge in [-0.1, -0.05) is 131 Å². The standard InChI is InChI=1S/C35H36O2P2/c1-24-5-15-30(16-6-24)38(36,31-17-7-25(2)8-18-31)34-28-13-14-29(23-28)35(34)39(37,32-19-9-26(3)10-20-32)33-21-11-27(4)12-22-33/h5-22,28-29,34-35H,23H2,1-4H3/t28-,29+,34-,35-/m0/s1. The molecule has 4 aromatic carbocycles. The summed E-state index contributed by atoms with van der Waals surface area (Å²) in [6, 6.07) is 32.9. The van der Waals surface area contributed by atoms with Crippen LogP contribution in [0.1, 0.15) is 28.7 Å². The van der Waals surface area contributed by atoms with Gasteiger partial charge in [0.15, 0.2) is 0 Å². The third-order valence-corrected chi connectivity index (χ3v) is 16.5. The molecule has 6 rings (SSSR count). The van der Waals surface area contributed by atoms with Crippen molar-refractivity contribution in [3.05, 3.63) is 131 Å². The summed E-state index contributed by atoms with van der Waals surface area (Å²) in [5, 5.41) is 3.47. The summed E-state index contributed by atoms with van der Waals surface area (Å²) in [7, 11) is -6.38. The fraction of sp³-hybridized carbons (Fsp3) is 0.257. The van der Waals surface area contributed by atoms with Gasteiger partial charge in [0, 0.05) is 32.5 Å². The molecule has 0 aromatic heterocycles. The van der Waals surface area contributed by atoms with E-state index in [9.17, 15) is 0 Å². The van der Waals surface area contributed by atoms with E-state index in [1.807, 2.05) is 48.5 Å². The lowest BCUT2D eigenvalue weighted by atomic mass is 10.1. The van der Waals surface area contributed by atoms with Crippen LogP contribution in [0.3, 0.4) is 0 Å². The first-order valence-electron chi connectivity index (χ1n) is 13.9. The SMILES string of the molecule is Cc1ccc(P(=O)(c2ccc(C)cc2)[C@@H]2[C@@H](P(=O)(c3ccc(C)cc3)c3ccc(C)cc3)[C@H]3C=C[C@@H]2C3)cc1. The fourth-order valence-electron chi connectivity index (χ4n) is 6.79. The van der Waals surface area contributed by atoms with Gasteiger partial charge in [-0.2, -0.15) is 0 Å². The van der Waals surface area contributed by atoms with E-state index in [2.05, 4.69) is 88.4 Å². The number of rotatable bonds is 6. The molecule has 4 atom stereocenters. The van der Waals surface area contributed by atoms with Gasteiger partial charge in [-0.25, -0.2) is 0 Å². The second kappa shape index (κ2) is 9.92. The Bertz CT molecular complexity index is 1390. The van der Waals surface area contributed by atoms with E-state index in [-0.39, 0.29) is 23.2 Å². The van der Waals surface area contributed by atoms with Crippen molar-refractivity contribution < 1.29 is 9.13 Å². The van der Waals surface area contributed by atoms with Crippen LogP contribution < -0.4 is 21.2 Å². The molecule has 198 valence electrons. The molecule has 2 aliphatic rings. The molecule has 0 saturated heterocycles. The van der Waals surface area contributed by atoms with Gasteiger partial charge in [0.2, 0.25) is 0 Å². The predicted octanol–water partition coefficient (Wildman–Crippen LogP) is 7.19. The van der Waals surface area contributed by atoms with E-state index in [1.165, 1.54) is 0 Å². The maximum absolute atomic E-state index is 15.9. The summed E-state index contributed by atoms with van der Waals surface area (Å²) < 4.78 is 31.8. The van der Waals surface area contributed by atoms with E-state index in [4.69, 9.17) is 0 Å². The molecule has 2 nitrogen and oxygen atoms in total. The number of fused-ring (bicyclic) bond motifs is 2. The van der Waals surface area contributed by atoms with E-state index < -0.39 is 14.3 Å². The lowest BCUT2D eigenvalue weighted by Gasteiger charge is -2.40. The second-order valence-electron chi connectivity index (χ2n) is 11.6. The molecule has 0 aliphatic heterocycles. The molecule has 2 bridgehead atoms. The number of aryl methyl sites for hydroxylation is 4. The lowest BCUT2D eigenvalue weighted by Crippen LogP contribution is -2.41. The molecule has 4 heteroatoms. The Kier molecular flexibility index (Phi) is 6.69. The Balaban J connectivity index is 1.62. The molecule has 0 amide bonds. The van der Waals surface area contributed by atoms with Gasteiger partial charge in [0.05, 0.1) is 0 Å². The summed E-state index contributed by atoms with van der Waals surface area (Å²) in [5.74, 6) is 0.246. The van der Waals surface area contributed by atoms with E-state index in [0.717, 1.165) is 49.9 Å². The highest BCUT2D eigenvalue weighted by Crippen LogP contribution is 2.70. The minimum Gasteiger partial charge on any atom is -0.313 e. The zero-order valence-electron chi connectivity index (χ0n) is 23.1. The van der Waals surface area contributed by atoms with Crippen LogP contribution in [0, 0.1) is 39.5 Å². The Labute approximate surface area is 232 Å². The minimum absolute atomic E-state index is 0.123. The Morgan fingerprint density at radius 1 is 0.436 bits per heavy atom. The van der Waals surface area contributed by atoms with Crippen molar-refractivity contribution in [1.82, 2.24) is 0 Å². The van der Waals surface area contributed by atoms with Crippen molar-refractivity contribution >= 4 is 35.5 Å². The van der Waals surface area contributed by atoms with Gasteiger partial charge in [0.25, 0.3) is 0 Å². The van der Waals surface area contributed by atoms with Gasteiger partial charge >= 0.3 is 0 Å². The highest BCUT2D eigenvalue weighted by molar-refractivity contribution is 7.83. The topological polar surface area (TPSA) is 34.1 Å². The van der Waals surface area contributed by atoms with E-state index in [1.54, 1.807) is 0 Å². The van der Waals surface area contributed by atoms with Crippen LogP contribution in [0.5, 0.6) is 0 Å². The van der Waals surface area contributed by atoms with Crippen LogP contribution in [-0.2, 0) is 9.13 Å². The first-order chi connectivity index (χ1) is 18.7. The zero-order chi connectivity index (χ0) is 27.4. The van der Waals surface area contributed by atoms with Crippen molar-refractivity contribution in [2.45, 2.75) is 45.4 Å². The van der Waals surface area contributed by atoms with Crippen LogP contribution >= 0.6 is 14.3 Å². The van der Waals surface area contributed by atoms with Crippen molar-refractivity contribution in [3.8, 4) is 0 Å². The predicted molar refractivity (Wildman–Crippen MR) is 167 cm³/mol. The summed E-state index contributed by atoms with van der Waals surface area (Å²) in [6.07, 6.45) is 5.42. The van der Waals surface area contributed by atoms with Gasteiger partial charge < -0.3 is 9.13 Å². The molecular weight excluding hydrogens is 514 g/mol. The number of allylic oxidation sites excluding steroid dienone is 2. The minimum atomic E-state index is -3.19. The smallest absolute Gasteiger partial charge is 0.147 e. The molecule has 1 saturated carbocycles. The normalized spacial score (nSPS) is 22.4. The first kappa shape index (κ1) is 26.3. The van der Waals surface area contributed by atoms with Gasteiger partial charge in [-0.3, -0.25) is 0 Å². The molecule has 0 radical (unpaired) electrons. The number of hydrogen-bond donors (Lipinski definition) is 0. The molecule has 0 heterocycles. The summed E-state index contributed by atoms with van der Waals surface area (Å²) in [6.45, 7) is 8.25. The average molecular weight is 551 g/mol. The molecule has 0 unspecified atom stereocenters. The first-order valence-corrected chi connectivity index (χ1v) is 17.4.